The fraction of sp³-hybridized carbons (Fsp3) is 0.371. The molecule has 224 valence electrons. The summed E-state index contributed by atoms with van der Waals surface area (Å²) in [5.41, 5.74) is 10.5. The van der Waals surface area contributed by atoms with Crippen molar-refractivity contribution in [1.29, 1.82) is 0 Å². The maximum absolute atomic E-state index is 14.0. The Balaban J connectivity index is 1.44. The molecule has 0 spiro atoms. The highest BCUT2D eigenvalue weighted by Crippen LogP contribution is 2.30. The van der Waals surface area contributed by atoms with Crippen LogP contribution in [0.3, 0.4) is 0 Å². The molecule has 2 aromatic heterocycles. The maximum Gasteiger partial charge on any atom is 0.250 e. The van der Waals surface area contributed by atoms with Crippen molar-refractivity contribution in [3.05, 3.63) is 101 Å². The fourth-order valence-electron chi connectivity index (χ4n) is 6.14. The average Bonchev–Trinajstić information content (AvgIpc) is 3.56. The molecule has 0 bridgehead atoms. The molecule has 1 aliphatic carbocycles. The largest absolute Gasteiger partial charge is 0.366 e. The van der Waals surface area contributed by atoms with E-state index in [-0.39, 0.29) is 24.8 Å². The minimum absolute atomic E-state index is 0.0610. The zero-order valence-corrected chi connectivity index (χ0v) is 25.1. The molecule has 0 atom stereocenters. The van der Waals surface area contributed by atoms with E-state index in [1.165, 1.54) is 6.42 Å². The molecule has 2 N–H and O–H groups in total. The van der Waals surface area contributed by atoms with Crippen molar-refractivity contribution in [2.45, 2.75) is 71.9 Å². The number of Topliss-reactive ketones (excluding diaryl/α,β-unsaturated/α-hetero) is 1. The molecule has 2 heterocycles. The third-order valence-corrected chi connectivity index (χ3v) is 8.64. The SMILES string of the molecule is Cc1onc(-c2ccccc2)c1CN(CC(=O)c1cc(C(N)=O)c(C)n1CCc1ccccc1)C(=O)CC1CCCCC1. The molecule has 1 saturated carbocycles. The molecule has 8 nitrogen and oxygen atoms in total. The van der Waals surface area contributed by atoms with E-state index in [0.29, 0.717) is 53.7 Å². The Morgan fingerprint density at radius 1 is 0.977 bits per heavy atom. The molecule has 2 amide bonds. The van der Waals surface area contributed by atoms with E-state index in [2.05, 4.69) is 5.16 Å². The summed E-state index contributed by atoms with van der Waals surface area (Å²) in [6, 6.07) is 21.3. The van der Waals surface area contributed by atoms with E-state index < -0.39 is 5.91 Å². The number of rotatable bonds is 12. The minimum atomic E-state index is -0.581. The Kier molecular flexibility index (Phi) is 9.55. The summed E-state index contributed by atoms with van der Waals surface area (Å²) in [4.78, 5) is 41.8. The molecule has 43 heavy (non-hydrogen) atoms. The second-order valence-electron chi connectivity index (χ2n) is 11.6. The van der Waals surface area contributed by atoms with Gasteiger partial charge < -0.3 is 19.7 Å². The highest BCUT2D eigenvalue weighted by atomic mass is 16.5. The summed E-state index contributed by atoms with van der Waals surface area (Å²) in [6.45, 7) is 4.21. The average molecular weight is 581 g/mol. The molecule has 4 aromatic rings. The Morgan fingerprint density at radius 2 is 1.65 bits per heavy atom. The first kappa shape index (κ1) is 30.0. The summed E-state index contributed by atoms with van der Waals surface area (Å²) in [7, 11) is 0. The number of hydrogen-bond donors (Lipinski definition) is 1. The Hall–Kier alpha value is -4.46. The van der Waals surface area contributed by atoms with Crippen molar-refractivity contribution in [1.82, 2.24) is 14.6 Å². The zero-order valence-electron chi connectivity index (χ0n) is 25.1. The number of hydrogen-bond acceptors (Lipinski definition) is 5. The Morgan fingerprint density at radius 3 is 2.33 bits per heavy atom. The van der Waals surface area contributed by atoms with Crippen LogP contribution in [0.15, 0.2) is 71.3 Å². The first-order valence-electron chi connectivity index (χ1n) is 15.2. The quantitative estimate of drug-likeness (QED) is 0.198. The lowest BCUT2D eigenvalue weighted by atomic mass is 9.86. The van der Waals surface area contributed by atoms with Crippen LogP contribution in [0.1, 0.15) is 82.0 Å². The molecular weight excluding hydrogens is 540 g/mol. The summed E-state index contributed by atoms with van der Waals surface area (Å²) in [5.74, 6) is 0.0438. The van der Waals surface area contributed by atoms with Gasteiger partial charge in [-0.1, -0.05) is 85.1 Å². The molecule has 0 radical (unpaired) electrons. The van der Waals surface area contributed by atoms with Crippen molar-refractivity contribution < 1.29 is 18.9 Å². The van der Waals surface area contributed by atoms with Crippen LogP contribution in [0.4, 0.5) is 0 Å². The van der Waals surface area contributed by atoms with Crippen LogP contribution in [0.5, 0.6) is 0 Å². The predicted octanol–water partition coefficient (Wildman–Crippen LogP) is 6.28. The van der Waals surface area contributed by atoms with E-state index in [9.17, 15) is 14.4 Å². The van der Waals surface area contributed by atoms with Gasteiger partial charge >= 0.3 is 0 Å². The van der Waals surface area contributed by atoms with E-state index in [4.69, 9.17) is 10.3 Å². The number of carbonyl (C=O) groups is 3. The molecular formula is C35H40N4O4. The molecule has 2 aromatic carbocycles. The lowest BCUT2D eigenvalue weighted by molar-refractivity contribution is -0.132. The first-order valence-corrected chi connectivity index (χ1v) is 15.2. The third-order valence-electron chi connectivity index (χ3n) is 8.64. The number of benzene rings is 2. The van der Waals surface area contributed by atoms with Crippen LogP contribution < -0.4 is 5.73 Å². The lowest BCUT2D eigenvalue weighted by Crippen LogP contribution is -2.37. The topological polar surface area (TPSA) is 111 Å². The summed E-state index contributed by atoms with van der Waals surface area (Å²) >= 11 is 0. The predicted molar refractivity (Wildman–Crippen MR) is 165 cm³/mol. The van der Waals surface area contributed by atoms with Crippen LogP contribution in [-0.2, 0) is 24.3 Å². The second-order valence-corrected chi connectivity index (χ2v) is 11.6. The van der Waals surface area contributed by atoms with Gasteiger partial charge in [0.25, 0.3) is 5.91 Å². The Labute approximate surface area is 252 Å². The summed E-state index contributed by atoms with van der Waals surface area (Å²) in [6.07, 6.45) is 6.60. The standard InChI is InChI=1S/C35H40N4O4/c1-24-29(35(36)42)21-31(39(24)19-18-26-12-6-3-7-13-26)32(40)23-38(33(41)20-27-14-8-4-9-15-27)22-30-25(2)43-37-34(30)28-16-10-5-11-17-28/h3,5-7,10-13,16-17,21,27H,4,8-9,14-15,18-20,22-23H2,1-2H3,(H2,36,42). The lowest BCUT2D eigenvalue weighted by Gasteiger charge is -2.27. The van der Waals surface area contributed by atoms with Gasteiger partial charge in [-0.2, -0.15) is 0 Å². The van der Waals surface area contributed by atoms with Crippen LogP contribution in [0.2, 0.25) is 0 Å². The smallest absolute Gasteiger partial charge is 0.250 e. The van der Waals surface area contributed by atoms with Crippen molar-refractivity contribution in [3.8, 4) is 11.3 Å². The van der Waals surface area contributed by atoms with Crippen molar-refractivity contribution >= 4 is 17.6 Å². The van der Waals surface area contributed by atoms with Crippen LogP contribution in [-0.4, -0.2) is 38.8 Å². The summed E-state index contributed by atoms with van der Waals surface area (Å²) < 4.78 is 7.44. The normalized spacial score (nSPS) is 13.6. The highest BCUT2D eigenvalue weighted by molar-refractivity contribution is 6.02. The fourth-order valence-corrected chi connectivity index (χ4v) is 6.14. The highest BCUT2D eigenvalue weighted by Gasteiger charge is 2.28. The summed E-state index contributed by atoms with van der Waals surface area (Å²) in [5, 5.41) is 4.30. The molecule has 1 aliphatic rings. The van der Waals surface area contributed by atoms with E-state index in [1.54, 1.807) is 17.9 Å². The molecule has 0 saturated heterocycles. The van der Waals surface area contributed by atoms with Gasteiger partial charge in [0.1, 0.15) is 11.5 Å². The third kappa shape index (κ3) is 7.13. The number of nitrogens with zero attached hydrogens (tertiary/aromatic N) is 3. The first-order chi connectivity index (χ1) is 20.8. The monoisotopic (exact) mass is 580 g/mol. The van der Waals surface area contributed by atoms with Gasteiger partial charge in [-0.25, -0.2) is 0 Å². The molecule has 8 heteroatoms. The van der Waals surface area contributed by atoms with Crippen molar-refractivity contribution in [2.75, 3.05) is 6.54 Å². The van der Waals surface area contributed by atoms with Gasteiger partial charge in [0.15, 0.2) is 5.78 Å². The van der Waals surface area contributed by atoms with E-state index >= 15 is 0 Å². The van der Waals surface area contributed by atoms with Gasteiger partial charge in [0.2, 0.25) is 5.91 Å². The van der Waals surface area contributed by atoms with Gasteiger partial charge in [0, 0.05) is 29.8 Å². The van der Waals surface area contributed by atoms with Crippen molar-refractivity contribution in [3.63, 3.8) is 0 Å². The number of aromatic nitrogens is 2. The van der Waals surface area contributed by atoms with Gasteiger partial charge in [0.05, 0.1) is 24.3 Å². The Bertz CT molecular complexity index is 1570. The zero-order chi connectivity index (χ0) is 30.3. The van der Waals surface area contributed by atoms with Crippen molar-refractivity contribution in [2.24, 2.45) is 11.7 Å². The minimum Gasteiger partial charge on any atom is -0.366 e. The molecule has 5 rings (SSSR count). The van der Waals surface area contributed by atoms with Crippen LogP contribution in [0, 0.1) is 19.8 Å². The number of carbonyl (C=O) groups excluding carboxylic acids is 3. The van der Waals surface area contributed by atoms with E-state index in [0.717, 1.165) is 42.4 Å². The molecule has 1 fully saturated rings. The number of nitrogens with two attached hydrogens (primary N) is 1. The van der Waals surface area contributed by atoms with E-state index in [1.807, 2.05) is 72.2 Å². The molecule has 0 unspecified atom stereocenters. The number of ketones is 1. The van der Waals surface area contributed by atoms with Gasteiger partial charge in [-0.3, -0.25) is 14.4 Å². The van der Waals surface area contributed by atoms with Gasteiger partial charge in [-0.05, 0) is 50.7 Å². The number of amides is 2. The second kappa shape index (κ2) is 13.7. The maximum atomic E-state index is 14.0. The number of primary amides is 1. The number of aryl methyl sites for hydroxylation is 2. The van der Waals surface area contributed by atoms with Crippen LogP contribution >= 0.6 is 0 Å². The molecule has 0 aliphatic heterocycles. The van der Waals surface area contributed by atoms with Crippen LogP contribution in [0.25, 0.3) is 11.3 Å². The van der Waals surface area contributed by atoms with Gasteiger partial charge in [-0.15, -0.1) is 0 Å².